The number of nitrogens with two attached hydrogens (primary N) is 1. The van der Waals surface area contributed by atoms with E-state index in [4.69, 9.17) is 5.73 Å². The molecule has 0 radical (unpaired) electrons. The molecule has 4 nitrogen and oxygen atoms in total. The third-order valence-corrected chi connectivity index (χ3v) is 4.51. The highest BCUT2D eigenvalue weighted by Gasteiger charge is 2.24. The van der Waals surface area contributed by atoms with Crippen LogP contribution in [-0.2, 0) is 0 Å². The highest BCUT2D eigenvalue weighted by Crippen LogP contribution is 2.27. The fourth-order valence-corrected chi connectivity index (χ4v) is 3.17. The van der Waals surface area contributed by atoms with Crippen LogP contribution in [0.15, 0.2) is 18.2 Å². The first-order valence-electron chi connectivity index (χ1n) is 7.63. The highest BCUT2D eigenvalue weighted by atomic mass is 16.3. The molecule has 1 aromatic carbocycles. The Morgan fingerprint density at radius 2 is 1.95 bits per heavy atom. The van der Waals surface area contributed by atoms with E-state index in [9.17, 15) is 5.11 Å². The Bertz CT molecular complexity index is 441. The van der Waals surface area contributed by atoms with Crippen molar-refractivity contribution in [3.8, 4) is 5.75 Å². The van der Waals surface area contributed by atoms with E-state index in [0.717, 1.165) is 24.3 Å². The van der Waals surface area contributed by atoms with Crippen LogP contribution in [0.1, 0.15) is 25.7 Å². The molecule has 1 heterocycles. The Morgan fingerprint density at radius 1 is 1.25 bits per heavy atom. The predicted molar refractivity (Wildman–Crippen MR) is 85.0 cm³/mol. The maximum atomic E-state index is 9.57. The highest BCUT2D eigenvalue weighted by molar-refractivity contribution is 5.69. The molecule has 3 N–H and O–H groups in total. The molecule has 0 saturated carbocycles. The van der Waals surface area contributed by atoms with Gasteiger partial charge in [-0.3, -0.25) is 0 Å². The monoisotopic (exact) mass is 278 g/mol. The van der Waals surface area contributed by atoms with Gasteiger partial charge in [-0.15, -0.1) is 0 Å². The summed E-state index contributed by atoms with van der Waals surface area (Å²) in [5.74, 6) is 0.274. The minimum atomic E-state index is 0.274. The summed E-state index contributed by atoms with van der Waals surface area (Å²) in [6, 6.07) is 5.14. The zero-order valence-corrected chi connectivity index (χ0v) is 12.8. The topological polar surface area (TPSA) is 49.5 Å². The van der Waals surface area contributed by atoms with Crippen LogP contribution in [0.25, 0.3) is 0 Å². The van der Waals surface area contributed by atoms with Gasteiger partial charge in [0.2, 0.25) is 0 Å². The third-order valence-electron chi connectivity index (χ3n) is 4.51. The second-order valence-corrected chi connectivity index (χ2v) is 6.37. The van der Waals surface area contributed by atoms with Crippen molar-refractivity contribution in [1.29, 1.82) is 0 Å². The average molecular weight is 278 g/mol. The minimum Gasteiger partial charge on any atom is -0.508 e. The lowest BCUT2D eigenvalue weighted by molar-refractivity contribution is -0.914. The quantitative estimate of drug-likeness (QED) is 0.494. The molecule has 1 aromatic rings. The standard InChI is InChI=1S/C16H27N3O/c1-18(16-13-14(20)7-8-15(16)17)9-6-12-19(2)10-4-3-5-11-19/h7-8,13H,3-6,9-12,17H2,1-2H3/p+1. The lowest BCUT2D eigenvalue weighted by atomic mass is 10.1. The van der Waals surface area contributed by atoms with Gasteiger partial charge >= 0.3 is 0 Å². The van der Waals surface area contributed by atoms with Gasteiger partial charge in [-0.1, -0.05) is 0 Å². The molecule has 1 saturated heterocycles. The SMILES string of the molecule is CN(CCC[N+]1(C)CCCCC1)c1cc(O)ccc1N. The molecule has 20 heavy (non-hydrogen) atoms. The van der Waals surface area contributed by atoms with E-state index in [1.807, 2.05) is 7.05 Å². The smallest absolute Gasteiger partial charge is 0.117 e. The van der Waals surface area contributed by atoms with Gasteiger partial charge in [0.05, 0.1) is 38.1 Å². The summed E-state index contributed by atoms with van der Waals surface area (Å²) in [6.07, 6.45) is 5.29. The molecule has 1 aliphatic heterocycles. The van der Waals surface area contributed by atoms with Crippen LogP contribution in [0.5, 0.6) is 5.75 Å². The van der Waals surface area contributed by atoms with E-state index in [0.29, 0.717) is 0 Å². The molecule has 0 amide bonds. The Hall–Kier alpha value is -1.42. The molecule has 4 heteroatoms. The van der Waals surface area contributed by atoms with Crippen LogP contribution in [-0.4, -0.2) is 49.9 Å². The molecule has 1 aliphatic rings. The van der Waals surface area contributed by atoms with Gasteiger partial charge in [0.15, 0.2) is 0 Å². The zero-order chi connectivity index (χ0) is 14.6. The Morgan fingerprint density at radius 3 is 2.65 bits per heavy atom. The summed E-state index contributed by atoms with van der Waals surface area (Å²) in [7, 11) is 4.42. The van der Waals surface area contributed by atoms with Crippen LogP contribution in [0, 0.1) is 0 Å². The van der Waals surface area contributed by atoms with E-state index in [-0.39, 0.29) is 5.75 Å². The van der Waals surface area contributed by atoms with E-state index in [1.165, 1.54) is 43.4 Å². The number of anilines is 2. The van der Waals surface area contributed by atoms with E-state index in [2.05, 4.69) is 11.9 Å². The van der Waals surface area contributed by atoms with Crippen molar-refractivity contribution in [3.63, 3.8) is 0 Å². The molecule has 0 spiro atoms. The average Bonchev–Trinajstić information content (AvgIpc) is 2.42. The molecule has 112 valence electrons. The van der Waals surface area contributed by atoms with Crippen LogP contribution >= 0.6 is 0 Å². The maximum absolute atomic E-state index is 9.57. The summed E-state index contributed by atoms with van der Waals surface area (Å²) in [4.78, 5) is 2.14. The lowest BCUT2D eigenvalue weighted by Crippen LogP contribution is -2.49. The van der Waals surface area contributed by atoms with Gasteiger partial charge in [-0.2, -0.15) is 0 Å². The van der Waals surface area contributed by atoms with Crippen molar-refractivity contribution < 1.29 is 9.59 Å². The van der Waals surface area contributed by atoms with Crippen molar-refractivity contribution in [3.05, 3.63) is 18.2 Å². The Balaban J connectivity index is 1.85. The van der Waals surface area contributed by atoms with E-state index in [1.54, 1.807) is 18.2 Å². The van der Waals surface area contributed by atoms with E-state index < -0.39 is 0 Å². The van der Waals surface area contributed by atoms with Gasteiger partial charge in [0, 0.05) is 26.1 Å². The fourth-order valence-electron chi connectivity index (χ4n) is 3.17. The van der Waals surface area contributed by atoms with Crippen LogP contribution < -0.4 is 10.6 Å². The van der Waals surface area contributed by atoms with Gasteiger partial charge in [-0.05, 0) is 31.4 Å². The summed E-state index contributed by atoms with van der Waals surface area (Å²) < 4.78 is 1.21. The van der Waals surface area contributed by atoms with Crippen LogP contribution in [0.4, 0.5) is 11.4 Å². The number of phenols is 1. The summed E-state index contributed by atoms with van der Waals surface area (Å²) in [5, 5.41) is 9.57. The molecule has 0 aromatic heterocycles. The number of nitrogen functional groups attached to an aromatic ring is 1. The normalized spacial score (nSPS) is 17.9. The first-order valence-corrected chi connectivity index (χ1v) is 7.63. The number of quaternary nitrogens is 1. The molecule has 0 aliphatic carbocycles. The van der Waals surface area contributed by atoms with Crippen molar-refractivity contribution in [1.82, 2.24) is 0 Å². The summed E-state index contributed by atoms with van der Waals surface area (Å²) in [5.41, 5.74) is 7.62. The molecule has 0 atom stereocenters. The lowest BCUT2D eigenvalue weighted by Gasteiger charge is -2.38. The van der Waals surface area contributed by atoms with Crippen LogP contribution in [0.2, 0.25) is 0 Å². The molecule has 1 fully saturated rings. The van der Waals surface area contributed by atoms with Crippen molar-refractivity contribution in [2.75, 3.05) is 50.9 Å². The maximum Gasteiger partial charge on any atom is 0.117 e. The number of aromatic hydroxyl groups is 1. The Kier molecular flexibility index (Phi) is 4.76. The third kappa shape index (κ3) is 3.79. The van der Waals surface area contributed by atoms with E-state index >= 15 is 0 Å². The van der Waals surface area contributed by atoms with Gasteiger partial charge in [0.25, 0.3) is 0 Å². The number of hydrogen-bond donors (Lipinski definition) is 2. The number of likely N-dealkylation sites (tertiary alicyclic amines) is 1. The largest absolute Gasteiger partial charge is 0.508 e. The Labute approximate surface area is 122 Å². The number of rotatable bonds is 5. The molecule has 0 bridgehead atoms. The molecule has 2 rings (SSSR count). The summed E-state index contributed by atoms with van der Waals surface area (Å²) in [6.45, 7) is 4.83. The van der Waals surface area contributed by atoms with Crippen molar-refractivity contribution in [2.24, 2.45) is 0 Å². The van der Waals surface area contributed by atoms with Gasteiger partial charge in [-0.25, -0.2) is 0 Å². The van der Waals surface area contributed by atoms with Gasteiger partial charge < -0.3 is 20.2 Å². The second kappa shape index (κ2) is 6.35. The molecular weight excluding hydrogens is 250 g/mol. The number of benzene rings is 1. The van der Waals surface area contributed by atoms with Gasteiger partial charge in [0.1, 0.15) is 5.75 Å². The first kappa shape index (κ1) is 15.0. The number of piperidine rings is 1. The molecular formula is C16H28N3O+. The number of phenolic OH excluding ortho intramolecular Hbond substituents is 1. The second-order valence-electron chi connectivity index (χ2n) is 6.37. The van der Waals surface area contributed by atoms with Crippen molar-refractivity contribution >= 4 is 11.4 Å². The number of nitrogens with zero attached hydrogens (tertiary/aromatic N) is 2. The predicted octanol–water partition coefficient (Wildman–Crippen LogP) is 2.43. The van der Waals surface area contributed by atoms with Crippen molar-refractivity contribution in [2.45, 2.75) is 25.7 Å². The fraction of sp³-hybridized carbons (Fsp3) is 0.625. The zero-order valence-electron chi connectivity index (χ0n) is 12.8. The number of hydrogen-bond acceptors (Lipinski definition) is 3. The first-order chi connectivity index (χ1) is 9.50. The minimum absolute atomic E-state index is 0.274. The van der Waals surface area contributed by atoms with Crippen LogP contribution in [0.3, 0.4) is 0 Å². The molecule has 0 unspecified atom stereocenters. The summed E-state index contributed by atoms with van der Waals surface area (Å²) >= 11 is 0.